The van der Waals surface area contributed by atoms with E-state index < -0.39 is 10.8 Å². The zero-order valence-corrected chi connectivity index (χ0v) is 10.1. The highest BCUT2D eigenvalue weighted by Gasteiger charge is 2.17. The van der Waals surface area contributed by atoms with Gasteiger partial charge in [-0.25, -0.2) is 0 Å². The molecule has 18 heavy (non-hydrogen) atoms. The molecule has 1 aromatic carbocycles. The van der Waals surface area contributed by atoms with Crippen LogP contribution in [0, 0.1) is 10.1 Å². The third kappa shape index (κ3) is 2.95. The molecule has 0 heterocycles. The van der Waals surface area contributed by atoms with Crippen molar-refractivity contribution in [2.24, 2.45) is 11.5 Å². The molecule has 0 aliphatic heterocycles. The van der Waals surface area contributed by atoms with Gasteiger partial charge in [0.1, 0.15) is 0 Å². The SMILES string of the molecule is CCN(CCN)c1ccc([N+](=O)[O-])cc1C(N)=O. The van der Waals surface area contributed by atoms with E-state index in [0.717, 1.165) is 0 Å². The van der Waals surface area contributed by atoms with Gasteiger partial charge in [0.05, 0.1) is 16.2 Å². The first-order valence-electron chi connectivity index (χ1n) is 5.54. The van der Waals surface area contributed by atoms with Crippen molar-refractivity contribution in [3.63, 3.8) is 0 Å². The Labute approximate surface area is 105 Å². The number of anilines is 1. The van der Waals surface area contributed by atoms with E-state index in [2.05, 4.69) is 0 Å². The number of nitro groups is 1. The predicted octanol–water partition coefficient (Wildman–Crippen LogP) is 0.479. The molecule has 0 unspecified atom stereocenters. The van der Waals surface area contributed by atoms with Gasteiger partial charge in [0.25, 0.3) is 11.6 Å². The average molecular weight is 252 g/mol. The van der Waals surface area contributed by atoms with Crippen molar-refractivity contribution in [1.82, 2.24) is 0 Å². The molecule has 1 aromatic rings. The number of likely N-dealkylation sites (N-methyl/N-ethyl adjacent to an activating group) is 1. The van der Waals surface area contributed by atoms with Gasteiger partial charge in [-0.05, 0) is 13.0 Å². The number of non-ortho nitro benzene ring substituents is 1. The van der Waals surface area contributed by atoms with Gasteiger partial charge in [0.15, 0.2) is 0 Å². The predicted molar refractivity (Wildman–Crippen MR) is 68.6 cm³/mol. The minimum atomic E-state index is -0.691. The Hall–Kier alpha value is -2.15. The summed E-state index contributed by atoms with van der Waals surface area (Å²) < 4.78 is 0. The van der Waals surface area contributed by atoms with Gasteiger partial charge in [-0.3, -0.25) is 14.9 Å². The molecule has 7 nitrogen and oxygen atoms in total. The molecule has 0 aliphatic carbocycles. The Morgan fingerprint density at radius 1 is 1.50 bits per heavy atom. The summed E-state index contributed by atoms with van der Waals surface area (Å²) in [6, 6.07) is 4.06. The molecule has 1 rings (SSSR count). The Balaban J connectivity index is 3.26. The van der Waals surface area contributed by atoms with Crippen LogP contribution >= 0.6 is 0 Å². The van der Waals surface area contributed by atoms with E-state index in [9.17, 15) is 14.9 Å². The zero-order chi connectivity index (χ0) is 13.7. The fourth-order valence-corrected chi connectivity index (χ4v) is 1.72. The molecule has 0 atom stereocenters. The van der Waals surface area contributed by atoms with Crippen LogP contribution in [-0.2, 0) is 0 Å². The van der Waals surface area contributed by atoms with Crippen LogP contribution in [0.3, 0.4) is 0 Å². The van der Waals surface area contributed by atoms with Crippen LogP contribution in [0.2, 0.25) is 0 Å². The Bertz CT molecular complexity index is 462. The molecular weight excluding hydrogens is 236 g/mol. The van der Waals surface area contributed by atoms with E-state index in [-0.39, 0.29) is 11.3 Å². The van der Waals surface area contributed by atoms with Crippen LogP contribution in [-0.4, -0.2) is 30.5 Å². The lowest BCUT2D eigenvalue weighted by atomic mass is 10.1. The van der Waals surface area contributed by atoms with E-state index >= 15 is 0 Å². The van der Waals surface area contributed by atoms with E-state index in [0.29, 0.717) is 25.3 Å². The monoisotopic (exact) mass is 252 g/mol. The Morgan fingerprint density at radius 2 is 2.17 bits per heavy atom. The molecule has 0 aliphatic rings. The van der Waals surface area contributed by atoms with Crippen LogP contribution in [0.15, 0.2) is 18.2 Å². The van der Waals surface area contributed by atoms with Crippen molar-refractivity contribution in [2.45, 2.75) is 6.92 Å². The number of nitrogens with two attached hydrogens (primary N) is 2. The number of benzene rings is 1. The highest BCUT2D eigenvalue weighted by Crippen LogP contribution is 2.25. The molecule has 7 heteroatoms. The first-order valence-corrected chi connectivity index (χ1v) is 5.54. The number of nitro benzene ring substituents is 1. The molecule has 0 spiro atoms. The number of hydrogen-bond donors (Lipinski definition) is 2. The number of rotatable bonds is 6. The molecule has 0 fully saturated rings. The molecule has 0 bridgehead atoms. The first-order chi connectivity index (χ1) is 8.51. The number of carbonyl (C=O) groups excluding carboxylic acids is 1. The van der Waals surface area contributed by atoms with Crippen LogP contribution in [0.5, 0.6) is 0 Å². The molecule has 1 amide bonds. The van der Waals surface area contributed by atoms with Gasteiger partial charge < -0.3 is 16.4 Å². The zero-order valence-electron chi connectivity index (χ0n) is 10.1. The van der Waals surface area contributed by atoms with Crippen molar-refractivity contribution in [3.8, 4) is 0 Å². The second-order valence-corrected chi connectivity index (χ2v) is 3.69. The lowest BCUT2D eigenvalue weighted by Crippen LogP contribution is -2.31. The summed E-state index contributed by atoms with van der Waals surface area (Å²) >= 11 is 0. The molecule has 0 saturated heterocycles. The van der Waals surface area contributed by atoms with Crippen LogP contribution < -0.4 is 16.4 Å². The first kappa shape index (κ1) is 13.9. The minimum Gasteiger partial charge on any atom is -0.370 e. The summed E-state index contributed by atoms with van der Waals surface area (Å²) in [6.07, 6.45) is 0. The smallest absolute Gasteiger partial charge is 0.270 e. The molecule has 0 aromatic heterocycles. The Kier molecular flexibility index (Phi) is 4.61. The third-order valence-corrected chi connectivity index (χ3v) is 2.58. The number of hydrogen-bond acceptors (Lipinski definition) is 5. The molecule has 4 N–H and O–H groups in total. The third-order valence-electron chi connectivity index (χ3n) is 2.58. The van der Waals surface area contributed by atoms with Crippen molar-refractivity contribution >= 4 is 17.3 Å². The van der Waals surface area contributed by atoms with Crippen LogP contribution in [0.1, 0.15) is 17.3 Å². The molecule has 0 saturated carbocycles. The maximum absolute atomic E-state index is 11.4. The lowest BCUT2D eigenvalue weighted by molar-refractivity contribution is -0.384. The second kappa shape index (κ2) is 5.97. The summed E-state index contributed by atoms with van der Waals surface area (Å²) in [5.41, 5.74) is 11.3. The number of primary amides is 1. The van der Waals surface area contributed by atoms with Gasteiger partial charge in [-0.15, -0.1) is 0 Å². The van der Waals surface area contributed by atoms with Crippen molar-refractivity contribution in [3.05, 3.63) is 33.9 Å². The quantitative estimate of drug-likeness (QED) is 0.564. The van der Waals surface area contributed by atoms with Crippen molar-refractivity contribution in [1.29, 1.82) is 0 Å². The van der Waals surface area contributed by atoms with E-state index in [1.54, 1.807) is 0 Å². The van der Waals surface area contributed by atoms with Crippen LogP contribution in [0.4, 0.5) is 11.4 Å². The summed E-state index contributed by atoms with van der Waals surface area (Å²) in [7, 11) is 0. The largest absolute Gasteiger partial charge is 0.370 e. The topological polar surface area (TPSA) is 115 Å². The molecular formula is C11H16N4O3. The lowest BCUT2D eigenvalue weighted by Gasteiger charge is -2.24. The summed E-state index contributed by atoms with van der Waals surface area (Å²) in [6.45, 7) is 3.51. The highest BCUT2D eigenvalue weighted by atomic mass is 16.6. The highest BCUT2D eigenvalue weighted by molar-refractivity contribution is 5.99. The molecule has 98 valence electrons. The Morgan fingerprint density at radius 3 is 2.61 bits per heavy atom. The maximum atomic E-state index is 11.4. The number of nitrogens with zero attached hydrogens (tertiary/aromatic N) is 2. The van der Waals surface area contributed by atoms with Gasteiger partial charge in [-0.2, -0.15) is 0 Å². The fourth-order valence-electron chi connectivity index (χ4n) is 1.72. The van der Waals surface area contributed by atoms with E-state index in [1.807, 2.05) is 11.8 Å². The summed E-state index contributed by atoms with van der Waals surface area (Å²) in [5.74, 6) is -0.691. The summed E-state index contributed by atoms with van der Waals surface area (Å²) in [4.78, 5) is 23.3. The molecule has 0 radical (unpaired) electrons. The standard InChI is InChI=1S/C11H16N4O3/c1-2-14(6-5-12)10-4-3-8(15(17)18)7-9(10)11(13)16/h3-4,7H,2,5-6,12H2,1H3,(H2,13,16). The van der Waals surface area contributed by atoms with Gasteiger partial charge in [0.2, 0.25) is 0 Å². The van der Waals surface area contributed by atoms with Gasteiger partial charge in [0, 0.05) is 31.8 Å². The fraction of sp³-hybridized carbons (Fsp3) is 0.364. The summed E-state index contributed by atoms with van der Waals surface area (Å²) in [5, 5.41) is 10.7. The number of amides is 1. The normalized spacial score (nSPS) is 10.1. The minimum absolute atomic E-state index is 0.138. The second-order valence-electron chi connectivity index (χ2n) is 3.69. The van der Waals surface area contributed by atoms with Crippen molar-refractivity contribution in [2.75, 3.05) is 24.5 Å². The maximum Gasteiger partial charge on any atom is 0.270 e. The average Bonchev–Trinajstić information content (AvgIpc) is 2.35. The van der Waals surface area contributed by atoms with Gasteiger partial charge >= 0.3 is 0 Å². The van der Waals surface area contributed by atoms with Gasteiger partial charge in [-0.1, -0.05) is 0 Å². The van der Waals surface area contributed by atoms with Crippen LogP contribution in [0.25, 0.3) is 0 Å². The van der Waals surface area contributed by atoms with E-state index in [4.69, 9.17) is 11.5 Å². The van der Waals surface area contributed by atoms with Crippen molar-refractivity contribution < 1.29 is 9.72 Å². The number of carbonyl (C=O) groups is 1. The van der Waals surface area contributed by atoms with E-state index in [1.165, 1.54) is 18.2 Å².